The standard InChI is InChI=1S/C15H21BF9N3O3/c1-7-4-26(10(7)17)13(20,21)29-16(30-14(22,23)27-5-8(2)11(27)18)31-15(24,25)28-6-9(3)12(28)19/h7-12H,4-6H2,1-3H3. The van der Waals surface area contributed by atoms with Gasteiger partial charge in [-0.15, -0.1) is 0 Å². The Hall–Kier alpha value is -0.805. The lowest BCUT2D eigenvalue weighted by molar-refractivity contribution is -0.401. The monoisotopic (exact) mass is 473 g/mol. The quantitative estimate of drug-likeness (QED) is 0.291. The maximum atomic E-state index is 14.2. The van der Waals surface area contributed by atoms with E-state index in [-0.39, 0.29) is 14.7 Å². The van der Waals surface area contributed by atoms with E-state index in [4.69, 9.17) is 0 Å². The Kier molecular flexibility index (Phi) is 6.57. The van der Waals surface area contributed by atoms with E-state index in [0.717, 1.165) is 0 Å². The van der Waals surface area contributed by atoms with Crippen molar-refractivity contribution >= 4 is 7.32 Å². The number of alkyl halides is 9. The molecule has 6 atom stereocenters. The molecule has 3 saturated heterocycles. The van der Waals surface area contributed by atoms with Gasteiger partial charge in [0.05, 0.1) is 0 Å². The Morgan fingerprint density at radius 1 is 0.581 bits per heavy atom. The molecule has 0 radical (unpaired) electrons. The second-order valence-corrected chi connectivity index (χ2v) is 8.11. The highest BCUT2D eigenvalue weighted by Gasteiger charge is 2.62. The molecule has 0 N–H and O–H groups in total. The molecule has 0 aliphatic carbocycles. The van der Waals surface area contributed by atoms with Crippen LogP contribution in [0.4, 0.5) is 39.5 Å². The molecule has 31 heavy (non-hydrogen) atoms. The van der Waals surface area contributed by atoms with Gasteiger partial charge in [0, 0.05) is 37.4 Å². The number of rotatable bonds is 9. The van der Waals surface area contributed by atoms with Crippen LogP contribution in [0, 0.1) is 17.8 Å². The van der Waals surface area contributed by atoms with Crippen molar-refractivity contribution in [3.8, 4) is 0 Å². The van der Waals surface area contributed by atoms with Gasteiger partial charge in [0.15, 0.2) is 18.9 Å². The predicted molar refractivity (Wildman–Crippen MR) is 86.1 cm³/mol. The lowest BCUT2D eigenvalue weighted by Gasteiger charge is -2.48. The van der Waals surface area contributed by atoms with Crippen LogP contribution in [0.2, 0.25) is 0 Å². The maximum absolute atomic E-state index is 14.2. The molecule has 3 rings (SSSR count). The number of halogens is 9. The third-order valence-corrected chi connectivity index (χ3v) is 5.47. The van der Waals surface area contributed by atoms with Crippen molar-refractivity contribution in [2.75, 3.05) is 19.6 Å². The molecule has 0 aromatic carbocycles. The summed E-state index contributed by atoms with van der Waals surface area (Å²) in [6, 6.07) is 0. The van der Waals surface area contributed by atoms with Crippen molar-refractivity contribution in [2.24, 2.45) is 17.8 Å². The van der Waals surface area contributed by atoms with Crippen LogP contribution in [0.5, 0.6) is 0 Å². The van der Waals surface area contributed by atoms with Crippen molar-refractivity contribution in [1.29, 1.82) is 0 Å². The van der Waals surface area contributed by atoms with Crippen molar-refractivity contribution in [3.63, 3.8) is 0 Å². The van der Waals surface area contributed by atoms with E-state index in [0.29, 0.717) is 0 Å². The molecule has 6 nitrogen and oxygen atoms in total. The van der Waals surface area contributed by atoms with E-state index in [9.17, 15) is 39.5 Å². The van der Waals surface area contributed by atoms with Gasteiger partial charge in [0.2, 0.25) is 0 Å². The second kappa shape index (κ2) is 8.20. The van der Waals surface area contributed by atoms with Gasteiger partial charge in [-0.1, -0.05) is 20.8 Å². The van der Waals surface area contributed by atoms with Gasteiger partial charge in [-0.3, -0.25) is 0 Å². The van der Waals surface area contributed by atoms with Crippen LogP contribution in [0.3, 0.4) is 0 Å². The summed E-state index contributed by atoms with van der Waals surface area (Å²) in [5, 5.41) is 0. The largest absolute Gasteiger partial charge is 0.655 e. The van der Waals surface area contributed by atoms with Crippen LogP contribution in [-0.4, -0.2) is 79.2 Å². The molecular formula is C15H21BF9N3O3. The normalized spacial score (nSPS) is 36.0. The summed E-state index contributed by atoms with van der Waals surface area (Å²) in [5.74, 6) is -2.58. The minimum absolute atomic E-state index is 0.235. The fourth-order valence-corrected chi connectivity index (χ4v) is 3.37. The van der Waals surface area contributed by atoms with E-state index in [1.807, 2.05) is 0 Å². The van der Waals surface area contributed by atoms with E-state index in [1.54, 1.807) is 0 Å². The Bertz CT molecular complexity index is 581. The zero-order valence-corrected chi connectivity index (χ0v) is 16.6. The smallest absolute Gasteiger partial charge is 0.312 e. The Morgan fingerprint density at radius 3 is 0.968 bits per heavy atom. The van der Waals surface area contributed by atoms with Crippen molar-refractivity contribution < 1.29 is 53.5 Å². The first-order chi connectivity index (χ1) is 14.1. The van der Waals surface area contributed by atoms with Gasteiger partial charge in [0.1, 0.15) is 0 Å². The summed E-state index contributed by atoms with van der Waals surface area (Å²) >= 11 is 0. The molecule has 0 bridgehead atoms. The topological polar surface area (TPSA) is 37.4 Å². The average molecular weight is 473 g/mol. The first kappa shape index (κ1) is 24.8. The molecule has 3 heterocycles. The van der Waals surface area contributed by atoms with E-state index >= 15 is 0 Å². The van der Waals surface area contributed by atoms with E-state index < -0.39 is 82.3 Å². The second-order valence-electron chi connectivity index (χ2n) is 8.11. The van der Waals surface area contributed by atoms with Crippen LogP contribution in [0.25, 0.3) is 0 Å². The molecule has 180 valence electrons. The number of hydrogen-bond acceptors (Lipinski definition) is 6. The van der Waals surface area contributed by atoms with Crippen molar-refractivity contribution in [1.82, 2.24) is 14.7 Å². The minimum atomic E-state index is -4.70. The molecule has 3 aliphatic rings. The van der Waals surface area contributed by atoms with Gasteiger partial charge in [-0.05, 0) is 0 Å². The number of hydrogen-bond donors (Lipinski definition) is 0. The van der Waals surface area contributed by atoms with E-state index in [1.165, 1.54) is 20.8 Å². The van der Waals surface area contributed by atoms with Crippen molar-refractivity contribution in [3.05, 3.63) is 0 Å². The summed E-state index contributed by atoms with van der Waals surface area (Å²) in [7, 11) is -3.51. The fraction of sp³-hybridized carbons (Fsp3) is 1.00. The first-order valence-corrected chi connectivity index (χ1v) is 9.46. The zero-order valence-electron chi connectivity index (χ0n) is 16.6. The highest BCUT2D eigenvalue weighted by molar-refractivity contribution is 6.36. The summed E-state index contributed by atoms with van der Waals surface area (Å²) in [6.07, 6.45) is -20.9. The third kappa shape index (κ3) is 4.64. The van der Waals surface area contributed by atoms with Crippen LogP contribution in [-0.2, 0) is 14.0 Å². The Morgan fingerprint density at radius 2 is 0.806 bits per heavy atom. The van der Waals surface area contributed by atoms with Crippen LogP contribution in [0.15, 0.2) is 0 Å². The highest BCUT2D eigenvalue weighted by Crippen LogP contribution is 2.42. The summed E-state index contributed by atoms with van der Waals surface area (Å²) in [5.41, 5.74) is 0. The molecule has 16 heteroatoms. The highest BCUT2D eigenvalue weighted by atomic mass is 19.3. The molecule has 0 saturated carbocycles. The molecular weight excluding hydrogens is 452 g/mol. The van der Waals surface area contributed by atoms with Gasteiger partial charge in [0.25, 0.3) is 0 Å². The van der Waals surface area contributed by atoms with Gasteiger partial charge < -0.3 is 14.0 Å². The Balaban J connectivity index is 1.75. The van der Waals surface area contributed by atoms with E-state index in [2.05, 4.69) is 14.0 Å². The minimum Gasteiger partial charge on any atom is -0.312 e. The maximum Gasteiger partial charge on any atom is 0.655 e. The fourth-order valence-electron chi connectivity index (χ4n) is 3.37. The molecule has 3 aliphatic heterocycles. The summed E-state index contributed by atoms with van der Waals surface area (Å²) < 4.78 is 138. The van der Waals surface area contributed by atoms with Crippen LogP contribution >= 0.6 is 0 Å². The molecule has 6 unspecified atom stereocenters. The zero-order chi connectivity index (χ0) is 23.5. The first-order valence-electron chi connectivity index (χ1n) is 9.46. The molecule has 0 amide bonds. The number of likely N-dealkylation sites (tertiary alicyclic amines) is 3. The predicted octanol–water partition coefficient (Wildman–Crippen LogP) is 3.41. The van der Waals surface area contributed by atoms with Crippen LogP contribution < -0.4 is 0 Å². The Labute approximate surface area is 172 Å². The molecule has 0 spiro atoms. The molecule has 0 aromatic heterocycles. The summed E-state index contributed by atoms with van der Waals surface area (Å²) in [6.45, 7) is 2.05. The lowest BCUT2D eigenvalue weighted by atomic mass is 10.0. The van der Waals surface area contributed by atoms with Gasteiger partial charge in [-0.2, -0.15) is 41.0 Å². The molecule has 0 aromatic rings. The third-order valence-electron chi connectivity index (χ3n) is 5.47. The van der Waals surface area contributed by atoms with Crippen LogP contribution in [0.1, 0.15) is 20.8 Å². The number of nitrogens with zero attached hydrogens (tertiary/aromatic N) is 3. The van der Waals surface area contributed by atoms with Crippen molar-refractivity contribution in [2.45, 2.75) is 58.4 Å². The average Bonchev–Trinajstić information content (AvgIpc) is 2.65. The lowest BCUT2D eigenvalue weighted by Crippen LogP contribution is -2.67. The van der Waals surface area contributed by atoms with Gasteiger partial charge in [-0.25, -0.2) is 13.2 Å². The SMILES string of the molecule is CC1CN(C(F)(F)OB(OC(F)(F)N2CC(C)C2F)OC(F)(F)N2CC(C)C2F)C1F. The van der Waals surface area contributed by atoms with Gasteiger partial charge >= 0.3 is 26.0 Å². The summed E-state index contributed by atoms with van der Waals surface area (Å²) in [4.78, 5) is -0.705. The molecule has 3 fully saturated rings.